The van der Waals surface area contributed by atoms with Gasteiger partial charge in [0, 0.05) is 14.2 Å². The lowest BCUT2D eigenvalue weighted by Crippen LogP contribution is -2.68. The SMILES string of the molecule is C=CC[C@@H](O)[C@H]1O[C@@](C)(OC)[C@](C)(OC)O[C@H]1CO[Si](C)(C)C(C)(C)C. The first-order valence-electron chi connectivity index (χ1n) is 9.16. The molecule has 0 bridgehead atoms. The summed E-state index contributed by atoms with van der Waals surface area (Å²) >= 11 is 0. The molecule has 26 heavy (non-hydrogen) atoms. The number of hydrogen-bond acceptors (Lipinski definition) is 6. The third-order valence-electron chi connectivity index (χ3n) is 5.91. The minimum Gasteiger partial charge on any atom is -0.414 e. The Hall–Kier alpha value is -0.283. The molecule has 1 aliphatic rings. The minimum atomic E-state index is -1.98. The fourth-order valence-electron chi connectivity index (χ4n) is 2.64. The van der Waals surface area contributed by atoms with Gasteiger partial charge in [-0.1, -0.05) is 26.8 Å². The maximum atomic E-state index is 10.6. The Labute approximate surface area is 159 Å². The van der Waals surface area contributed by atoms with Gasteiger partial charge in [0.15, 0.2) is 8.32 Å². The van der Waals surface area contributed by atoms with E-state index in [2.05, 4.69) is 40.4 Å². The molecule has 154 valence electrons. The highest BCUT2D eigenvalue weighted by molar-refractivity contribution is 6.74. The quantitative estimate of drug-likeness (QED) is 0.506. The third kappa shape index (κ3) is 4.76. The molecule has 5 atom stereocenters. The molecule has 1 saturated heterocycles. The van der Waals surface area contributed by atoms with Crippen LogP contribution in [0, 0.1) is 0 Å². The van der Waals surface area contributed by atoms with Crippen molar-refractivity contribution in [3.05, 3.63) is 12.7 Å². The van der Waals surface area contributed by atoms with Crippen molar-refractivity contribution in [2.45, 2.75) is 89.1 Å². The van der Waals surface area contributed by atoms with Crippen molar-refractivity contribution in [1.29, 1.82) is 0 Å². The van der Waals surface area contributed by atoms with Crippen LogP contribution in [-0.2, 0) is 23.4 Å². The van der Waals surface area contributed by atoms with E-state index in [9.17, 15) is 5.11 Å². The van der Waals surface area contributed by atoms with E-state index in [1.807, 2.05) is 0 Å². The predicted octanol–water partition coefficient (Wildman–Crippen LogP) is 3.45. The lowest BCUT2D eigenvalue weighted by atomic mass is 9.99. The molecule has 1 fully saturated rings. The Morgan fingerprint density at radius 3 is 2.08 bits per heavy atom. The summed E-state index contributed by atoms with van der Waals surface area (Å²) < 4.78 is 29.9. The van der Waals surface area contributed by atoms with E-state index >= 15 is 0 Å². The molecule has 0 aromatic carbocycles. The fraction of sp³-hybridized carbons (Fsp3) is 0.895. The van der Waals surface area contributed by atoms with Gasteiger partial charge >= 0.3 is 0 Å². The van der Waals surface area contributed by atoms with E-state index in [0.717, 1.165) is 0 Å². The number of rotatable bonds is 8. The van der Waals surface area contributed by atoms with Crippen LogP contribution in [0.15, 0.2) is 12.7 Å². The van der Waals surface area contributed by atoms with Gasteiger partial charge in [0.2, 0.25) is 11.6 Å². The second-order valence-corrected chi connectivity index (χ2v) is 13.5. The van der Waals surface area contributed by atoms with Gasteiger partial charge in [-0.05, 0) is 38.4 Å². The monoisotopic (exact) mass is 390 g/mol. The van der Waals surface area contributed by atoms with Crippen molar-refractivity contribution in [3.8, 4) is 0 Å². The predicted molar refractivity (Wildman–Crippen MR) is 105 cm³/mol. The summed E-state index contributed by atoms with van der Waals surface area (Å²) in [5.74, 6) is -2.30. The summed E-state index contributed by atoms with van der Waals surface area (Å²) in [5.41, 5.74) is 0. The Bertz CT molecular complexity index is 477. The van der Waals surface area contributed by atoms with Gasteiger partial charge in [-0.2, -0.15) is 0 Å². The van der Waals surface area contributed by atoms with E-state index < -0.39 is 38.2 Å². The van der Waals surface area contributed by atoms with Crippen molar-refractivity contribution in [3.63, 3.8) is 0 Å². The molecule has 0 aromatic rings. The molecular formula is C19H38O6Si. The molecule has 0 radical (unpaired) electrons. The average Bonchev–Trinajstić information content (AvgIpc) is 2.54. The maximum Gasteiger partial charge on any atom is 0.220 e. The van der Waals surface area contributed by atoms with Gasteiger partial charge in [-0.15, -0.1) is 6.58 Å². The molecule has 0 unspecified atom stereocenters. The van der Waals surface area contributed by atoms with Crippen molar-refractivity contribution >= 4 is 8.32 Å². The summed E-state index contributed by atoms with van der Waals surface area (Å²) in [6, 6.07) is 0. The highest BCUT2D eigenvalue weighted by Gasteiger charge is 2.58. The smallest absolute Gasteiger partial charge is 0.220 e. The highest BCUT2D eigenvalue weighted by atomic mass is 28.4. The van der Waals surface area contributed by atoms with Crippen LogP contribution in [0.5, 0.6) is 0 Å². The Kier molecular flexibility index (Phi) is 7.66. The summed E-state index contributed by atoms with van der Waals surface area (Å²) in [5, 5.41) is 10.7. The van der Waals surface area contributed by atoms with Gasteiger partial charge in [-0.25, -0.2) is 0 Å². The zero-order valence-corrected chi connectivity index (χ0v) is 18.9. The number of methoxy groups -OCH3 is 2. The summed E-state index contributed by atoms with van der Waals surface area (Å²) in [4.78, 5) is 0. The number of ether oxygens (including phenoxy) is 4. The van der Waals surface area contributed by atoms with Crippen LogP contribution in [0.25, 0.3) is 0 Å². The topological polar surface area (TPSA) is 66.4 Å². The van der Waals surface area contributed by atoms with E-state index in [4.69, 9.17) is 23.4 Å². The van der Waals surface area contributed by atoms with Gasteiger partial charge in [0.05, 0.1) is 12.7 Å². The molecule has 0 amide bonds. The molecule has 0 spiro atoms. The lowest BCUT2D eigenvalue weighted by Gasteiger charge is -2.53. The molecule has 1 rings (SSSR count). The van der Waals surface area contributed by atoms with Crippen LogP contribution in [0.1, 0.15) is 41.0 Å². The first-order valence-corrected chi connectivity index (χ1v) is 12.1. The second-order valence-electron chi connectivity index (χ2n) is 8.70. The van der Waals surface area contributed by atoms with E-state index in [0.29, 0.717) is 13.0 Å². The zero-order valence-electron chi connectivity index (χ0n) is 17.9. The normalized spacial score (nSPS) is 34.5. The van der Waals surface area contributed by atoms with Crippen LogP contribution in [-0.4, -0.2) is 64.1 Å². The number of hydrogen-bond donors (Lipinski definition) is 1. The van der Waals surface area contributed by atoms with Crippen molar-refractivity contribution in [2.24, 2.45) is 0 Å². The molecule has 7 heteroatoms. The Morgan fingerprint density at radius 1 is 1.15 bits per heavy atom. The molecule has 6 nitrogen and oxygen atoms in total. The minimum absolute atomic E-state index is 0.0728. The van der Waals surface area contributed by atoms with Crippen molar-refractivity contribution in [1.82, 2.24) is 0 Å². The van der Waals surface area contributed by atoms with Crippen LogP contribution in [0.4, 0.5) is 0 Å². The molecule has 1 N–H and O–H groups in total. The summed E-state index contributed by atoms with van der Waals surface area (Å²) in [6.45, 7) is 18.4. The zero-order chi connectivity index (χ0) is 20.4. The largest absolute Gasteiger partial charge is 0.414 e. The Morgan fingerprint density at radius 2 is 1.65 bits per heavy atom. The van der Waals surface area contributed by atoms with Crippen molar-refractivity contribution in [2.75, 3.05) is 20.8 Å². The van der Waals surface area contributed by atoms with Crippen LogP contribution >= 0.6 is 0 Å². The maximum absolute atomic E-state index is 10.6. The van der Waals surface area contributed by atoms with Crippen LogP contribution < -0.4 is 0 Å². The molecule has 0 aromatic heterocycles. The summed E-state index contributed by atoms with van der Waals surface area (Å²) in [7, 11) is 1.10. The molecular weight excluding hydrogens is 352 g/mol. The number of aliphatic hydroxyl groups excluding tert-OH is 1. The van der Waals surface area contributed by atoms with Gasteiger partial charge in [-0.3, -0.25) is 0 Å². The fourth-order valence-corrected chi connectivity index (χ4v) is 3.65. The first kappa shape index (κ1) is 23.8. The van der Waals surface area contributed by atoms with Crippen molar-refractivity contribution < 1.29 is 28.5 Å². The Balaban J connectivity index is 3.09. The van der Waals surface area contributed by atoms with Gasteiger partial charge in [0.1, 0.15) is 12.2 Å². The average molecular weight is 391 g/mol. The molecule has 0 aliphatic carbocycles. The third-order valence-corrected chi connectivity index (χ3v) is 10.4. The van der Waals surface area contributed by atoms with Crippen LogP contribution in [0.3, 0.4) is 0 Å². The standard InChI is InChI=1S/C19H38O6Si/c1-11-12-14(20)16-15(13-23-26(9,10)17(2,3)4)24-18(5,21-7)19(6,22-8)25-16/h11,14-16,20H,1,12-13H2,2-10H3/t14-,15+,16-,18-,19-/m1/s1. The van der Waals surface area contributed by atoms with E-state index in [1.165, 1.54) is 7.11 Å². The highest BCUT2D eigenvalue weighted by Crippen LogP contribution is 2.42. The van der Waals surface area contributed by atoms with Crippen LogP contribution in [0.2, 0.25) is 18.1 Å². The second kappa shape index (κ2) is 8.39. The molecule has 1 aliphatic heterocycles. The van der Waals surface area contributed by atoms with Gasteiger partial charge in [0.25, 0.3) is 0 Å². The van der Waals surface area contributed by atoms with E-state index in [-0.39, 0.29) is 5.04 Å². The summed E-state index contributed by atoms with van der Waals surface area (Å²) in [6.07, 6.45) is 0.150. The van der Waals surface area contributed by atoms with E-state index in [1.54, 1.807) is 27.0 Å². The number of aliphatic hydroxyl groups is 1. The van der Waals surface area contributed by atoms with Gasteiger partial charge < -0.3 is 28.5 Å². The first-order chi connectivity index (χ1) is 11.8. The lowest BCUT2D eigenvalue weighted by molar-refractivity contribution is -0.455. The molecule has 0 saturated carbocycles. The molecule has 1 heterocycles.